The molecule has 0 fully saturated rings. The molecule has 0 atom stereocenters. The Morgan fingerprint density at radius 1 is 0.333 bits per heavy atom. The molecule has 282 valence electrons. The smallest absolute Gasteiger partial charge is 0.195 e. The molecule has 0 amide bonds. The fourth-order valence-corrected chi connectivity index (χ4v) is 8.14. The summed E-state index contributed by atoms with van der Waals surface area (Å²) >= 11 is 0. The van der Waals surface area contributed by atoms with Gasteiger partial charge in [0.2, 0.25) is 0 Å². The minimum Gasteiger partial charge on any atom is -0.237 e. The van der Waals surface area contributed by atoms with Crippen LogP contribution in [0, 0.1) is 20.4 Å². The Bertz CT molecular complexity index is 3220. The second-order valence-electron chi connectivity index (χ2n) is 15.3. The number of nitrogens with zero attached hydrogens (tertiary/aromatic N) is 4. The molecule has 0 saturated heterocycles. The van der Waals surface area contributed by atoms with E-state index in [0.717, 1.165) is 61.2 Å². The molecule has 0 N–H and O–H groups in total. The number of hydrogen-bond donors (Lipinski definition) is 0. The van der Waals surface area contributed by atoms with Gasteiger partial charge >= 0.3 is 0 Å². The first kappa shape index (κ1) is 36.3. The fourth-order valence-electron chi connectivity index (χ4n) is 8.14. The van der Waals surface area contributed by atoms with Crippen LogP contribution in [0.1, 0.15) is 11.1 Å². The van der Waals surface area contributed by atoms with E-state index in [1.54, 1.807) is 0 Å². The van der Waals surface area contributed by atoms with E-state index in [4.69, 9.17) is 21.5 Å². The molecule has 0 saturated carbocycles. The summed E-state index contributed by atoms with van der Waals surface area (Å²) in [5.41, 5.74) is 13.8. The van der Waals surface area contributed by atoms with Crippen LogP contribution in [0.5, 0.6) is 0 Å². The van der Waals surface area contributed by atoms with Gasteiger partial charge in [0, 0.05) is 16.7 Å². The van der Waals surface area contributed by atoms with Crippen molar-refractivity contribution in [1.82, 2.24) is 15.0 Å². The van der Waals surface area contributed by atoms with Gasteiger partial charge in [0.25, 0.3) is 0 Å². The largest absolute Gasteiger partial charge is 0.237 e. The molecule has 1 aromatic heterocycles. The average Bonchev–Trinajstić information content (AvgIpc) is 3.31. The monoisotopic (exact) mass is 766 g/mol. The summed E-state index contributed by atoms with van der Waals surface area (Å²) in [7, 11) is 0. The van der Waals surface area contributed by atoms with Crippen molar-refractivity contribution in [1.29, 1.82) is 0 Å². The third-order valence-electron chi connectivity index (χ3n) is 11.3. The van der Waals surface area contributed by atoms with Gasteiger partial charge < -0.3 is 0 Å². The Morgan fingerprint density at radius 3 is 1.53 bits per heavy atom. The molecule has 0 radical (unpaired) electrons. The van der Waals surface area contributed by atoms with Gasteiger partial charge in [-0.25, -0.2) is 19.8 Å². The molecule has 0 aliphatic heterocycles. The van der Waals surface area contributed by atoms with E-state index in [9.17, 15) is 0 Å². The number of fused-ring (bicyclic) bond motifs is 3. The molecule has 0 aliphatic rings. The van der Waals surface area contributed by atoms with Crippen molar-refractivity contribution in [3.8, 4) is 78.7 Å². The Morgan fingerprint density at radius 2 is 0.833 bits per heavy atom. The number of benzene rings is 9. The molecule has 4 heteroatoms. The second-order valence-corrected chi connectivity index (χ2v) is 15.3. The minimum atomic E-state index is 0.573. The zero-order valence-electron chi connectivity index (χ0n) is 33.3. The van der Waals surface area contributed by atoms with Gasteiger partial charge in [0.15, 0.2) is 23.2 Å². The van der Waals surface area contributed by atoms with Crippen LogP contribution in [0.3, 0.4) is 0 Å². The van der Waals surface area contributed by atoms with Crippen molar-refractivity contribution >= 4 is 27.2 Å². The highest BCUT2D eigenvalue weighted by molar-refractivity contribution is 6.08. The van der Waals surface area contributed by atoms with E-state index in [1.165, 1.54) is 32.7 Å². The van der Waals surface area contributed by atoms with Crippen LogP contribution in [0.4, 0.5) is 5.69 Å². The SMILES string of the molecule is [C-]#[N+]c1cc(-c2ccccc2-c2nc(-c3ccc(C)cc3)nc(-c3ccc(C)cc3)n2)ccc1-c1ccccc1-c1cccc(-c2ccc3c(ccc4ccccc43)c2)c1. The van der Waals surface area contributed by atoms with E-state index in [0.29, 0.717) is 23.2 Å². The van der Waals surface area contributed by atoms with Gasteiger partial charge in [0.1, 0.15) is 0 Å². The van der Waals surface area contributed by atoms with Crippen molar-refractivity contribution in [2.45, 2.75) is 13.8 Å². The maximum Gasteiger partial charge on any atom is 0.195 e. The molecule has 0 aliphatic carbocycles. The molecule has 4 nitrogen and oxygen atoms in total. The highest BCUT2D eigenvalue weighted by atomic mass is 15.0. The third kappa shape index (κ3) is 6.89. The van der Waals surface area contributed by atoms with Crippen LogP contribution in [-0.4, -0.2) is 15.0 Å². The summed E-state index contributed by atoms with van der Waals surface area (Å²) in [6.45, 7) is 12.6. The van der Waals surface area contributed by atoms with E-state index >= 15 is 0 Å². The van der Waals surface area contributed by atoms with Gasteiger partial charge in [-0.2, -0.15) is 0 Å². The Hall–Kier alpha value is -8.00. The summed E-state index contributed by atoms with van der Waals surface area (Å²) in [5.74, 6) is 1.79. The highest BCUT2D eigenvalue weighted by Gasteiger charge is 2.18. The predicted molar refractivity (Wildman–Crippen MR) is 249 cm³/mol. The predicted octanol–water partition coefficient (Wildman–Crippen LogP) is 15.0. The molecule has 60 heavy (non-hydrogen) atoms. The van der Waals surface area contributed by atoms with Crippen molar-refractivity contribution in [2.75, 3.05) is 0 Å². The van der Waals surface area contributed by atoms with Gasteiger partial charge in [-0.15, -0.1) is 0 Å². The quantitative estimate of drug-likeness (QED) is 0.120. The zero-order chi connectivity index (χ0) is 40.6. The third-order valence-corrected chi connectivity index (χ3v) is 11.3. The van der Waals surface area contributed by atoms with Crippen LogP contribution >= 0.6 is 0 Å². The zero-order valence-corrected chi connectivity index (χ0v) is 33.3. The molecular weight excluding hydrogens is 729 g/mol. The first-order chi connectivity index (χ1) is 29.5. The van der Waals surface area contributed by atoms with Crippen LogP contribution in [0.15, 0.2) is 194 Å². The van der Waals surface area contributed by atoms with Crippen molar-refractivity contribution < 1.29 is 0 Å². The topological polar surface area (TPSA) is 43.0 Å². The van der Waals surface area contributed by atoms with Crippen LogP contribution in [-0.2, 0) is 0 Å². The molecule has 0 unspecified atom stereocenters. The summed E-state index contributed by atoms with van der Waals surface area (Å²) in [5, 5.41) is 4.98. The first-order valence-corrected chi connectivity index (χ1v) is 20.1. The number of rotatable bonds is 7. The minimum absolute atomic E-state index is 0.573. The van der Waals surface area contributed by atoms with Crippen molar-refractivity contribution in [3.63, 3.8) is 0 Å². The molecule has 10 aromatic rings. The van der Waals surface area contributed by atoms with Crippen LogP contribution < -0.4 is 0 Å². The van der Waals surface area contributed by atoms with E-state index < -0.39 is 0 Å². The maximum absolute atomic E-state index is 8.42. The van der Waals surface area contributed by atoms with E-state index in [-0.39, 0.29) is 0 Å². The maximum atomic E-state index is 8.42. The Kier molecular flexibility index (Phi) is 9.33. The highest BCUT2D eigenvalue weighted by Crippen LogP contribution is 2.42. The summed E-state index contributed by atoms with van der Waals surface area (Å²) in [6.07, 6.45) is 0. The molecule has 10 rings (SSSR count). The molecular formula is C56H38N4. The van der Waals surface area contributed by atoms with Gasteiger partial charge in [-0.3, -0.25) is 0 Å². The number of hydrogen-bond acceptors (Lipinski definition) is 3. The number of aromatic nitrogens is 3. The Labute approximate surface area is 350 Å². The van der Waals surface area contributed by atoms with Gasteiger partial charge in [-0.05, 0) is 98.1 Å². The lowest BCUT2D eigenvalue weighted by molar-refractivity contribution is 1.07. The first-order valence-electron chi connectivity index (χ1n) is 20.1. The molecule has 0 bridgehead atoms. The second kappa shape index (κ2) is 15.4. The summed E-state index contributed by atoms with van der Waals surface area (Å²) in [4.78, 5) is 19.2. The van der Waals surface area contributed by atoms with Crippen LogP contribution in [0.25, 0.3) is 105 Å². The average molecular weight is 767 g/mol. The van der Waals surface area contributed by atoms with E-state index in [2.05, 4.69) is 182 Å². The lowest BCUT2D eigenvalue weighted by Gasteiger charge is -2.15. The fraction of sp³-hybridized carbons (Fsp3) is 0.0357. The lowest BCUT2D eigenvalue weighted by Crippen LogP contribution is -2.01. The van der Waals surface area contributed by atoms with E-state index in [1.807, 2.05) is 30.3 Å². The lowest BCUT2D eigenvalue weighted by atomic mass is 9.90. The standard InChI is InChI=1S/C56H38N4/c1-36-19-23-39(24-20-36)54-58-55(40-25-21-37(2)22-26-40)60-56(59-54)52-18-9-7-16-48(52)45-30-32-51(53(35-45)57-3)50-17-8-6-15-47(50)43-13-10-12-41(33-43)42-29-31-49-44(34-42)28-27-38-11-4-5-14-46(38)49/h4-35H,1-2H3. The van der Waals surface area contributed by atoms with Gasteiger partial charge in [0.05, 0.1) is 6.57 Å². The van der Waals surface area contributed by atoms with Crippen LogP contribution in [0.2, 0.25) is 0 Å². The Balaban J connectivity index is 1.03. The number of aryl methyl sites for hydroxylation is 2. The summed E-state index contributed by atoms with van der Waals surface area (Å²) < 4.78 is 0. The van der Waals surface area contributed by atoms with Crippen molar-refractivity contribution in [3.05, 3.63) is 217 Å². The normalized spacial score (nSPS) is 11.2. The van der Waals surface area contributed by atoms with Crippen molar-refractivity contribution in [2.24, 2.45) is 0 Å². The molecule has 1 heterocycles. The molecule has 0 spiro atoms. The molecule has 9 aromatic carbocycles. The van der Waals surface area contributed by atoms with Gasteiger partial charge in [-0.1, -0.05) is 187 Å². The summed E-state index contributed by atoms with van der Waals surface area (Å²) in [6, 6.07) is 67.6.